The van der Waals surface area contributed by atoms with E-state index in [4.69, 9.17) is 14.2 Å². The minimum absolute atomic E-state index is 0.187. The van der Waals surface area contributed by atoms with E-state index in [1.165, 1.54) is 0 Å². The lowest BCUT2D eigenvalue weighted by molar-refractivity contribution is 0.174. The maximum Gasteiger partial charge on any atom is 0.323 e. The fourth-order valence-electron chi connectivity index (χ4n) is 2.31. The van der Waals surface area contributed by atoms with E-state index in [9.17, 15) is 4.79 Å². The molecule has 0 radical (unpaired) electrons. The summed E-state index contributed by atoms with van der Waals surface area (Å²) < 4.78 is 15.8. The van der Waals surface area contributed by atoms with E-state index in [1.54, 1.807) is 32.0 Å². The number of urea groups is 1. The van der Waals surface area contributed by atoms with Gasteiger partial charge in [-0.1, -0.05) is 0 Å². The number of nitrogens with one attached hydrogen (secondary N) is 2. The predicted molar refractivity (Wildman–Crippen MR) is 87.9 cm³/mol. The molecule has 0 unspecified atom stereocenters. The Morgan fingerprint density at radius 1 is 1.17 bits per heavy atom. The van der Waals surface area contributed by atoms with Gasteiger partial charge in [-0.3, -0.25) is 0 Å². The Morgan fingerprint density at radius 3 is 2.58 bits per heavy atom. The van der Waals surface area contributed by atoms with Crippen LogP contribution < -0.4 is 24.8 Å². The number of hydrogen-bond donors (Lipinski definition) is 2. The van der Waals surface area contributed by atoms with Crippen molar-refractivity contribution in [1.82, 2.24) is 9.97 Å². The summed E-state index contributed by atoms with van der Waals surface area (Å²) in [7, 11) is 0. The minimum Gasteiger partial charge on any atom is -0.464 e. The van der Waals surface area contributed by atoms with Crippen LogP contribution in [0.1, 0.15) is 18.3 Å². The molecule has 2 heterocycles. The van der Waals surface area contributed by atoms with E-state index in [0.717, 1.165) is 0 Å². The number of fused-ring (bicyclic) bond motifs is 1. The number of aromatic nitrogens is 2. The van der Waals surface area contributed by atoms with Crippen LogP contribution in [0, 0.1) is 13.8 Å². The van der Waals surface area contributed by atoms with Gasteiger partial charge in [0.15, 0.2) is 11.5 Å². The quantitative estimate of drug-likeness (QED) is 0.895. The highest BCUT2D eigenvalue weighted by Crippen LogP contribution is 2.34. The molecule has 2 aromatic rings. The monoisotopic (exact) mass is 330 g/mol. The van der Waals surface area contributed by atoms with Crippen LogP contribution >= 0.6 is 0 Å². The first-order valence-electron chi connectivity index (χ1n) is 7.52. The molecule has 0 saturated heterocycles. The SMILES string of the molecule is CCOc1nc(C)c(NC(=O)Nc2ccc3c(c2)OCO3)c(C)n1. The number of aryl methyl sites for hydroxylation is 2. The van der Waals surface area contributed by atoms with Gasteiger partial charge in [-0.05, 0) is 32.9 Å². The van der Waals surface area contributed by atoms with Gasteiger partial charge in [0.2, 0.25) is 6.79 Å². The van der Waals surface area contributed by atoms with Crippen molar-refractivity contribution in [2.45, 2.75) is 20.8 Å². The molecule has 1 aromatic heterocycles. The number of anilines is 2. The topological polar surface area (TPSA) is 94.6 Å². The lowest BCUT2D eigenvalue weighted by atomic mass is 10.2. The summed E-state index contributed by atoms with van der Waals surface area (Å²) in [5.74, 6) is 1.26. The maximum atomic E-state index is 12.2. The normalized spacial score (nSPS) is 12.0. The molecule has 1 aliphatic heterocycles. The number of ether oxygens (including phenoxy) is 3. The highest BCUT2D eigenvalue weighted by Gasteiger charge is 2.15. The molecule has 126 valence electrons. The number of amides is 2. The van der Waals surface area contributed by atoms with Crippen LogP contribution in [0.4, 0.5) is 16.2 Å². The van der Waals surface area contributed by atoms with Crippen LogP contribution in [0.2, 0.25) is 0 Å². The van der Waals surface area contributed by atoms with Crippen LogP contribution in [-0.4, -0.2) is 29.4 Å². The van der Waals surface area contributed by atoms with Crippen LogP contribution in [0.3, 0.4) is 0 Å². The fraction of sp³-hybridized carbons (Fsp3) is 0.312. The second-order valence-corrected chi connectivity index (χ2v) is 5.13. The van der Waals surface area contributed by atoms with Gasteiger partial charge < -0.3 is 24.8 Å². The van der Waals surface area contributed by atoms with Crippen LogP contribution in [0.5, 0.6) is 17.5 Å². The summed E-state index contributed by atoms with van der Waals surface area (Å²) >= 11 is 0. The molecule has 0 aliphatic carbocycles. The molecule has 0 bridgehead atoms. The van der Waals surface area contributed by atoms with Crippen molar-refractivity contribution in [2.24, 2.45) is 0 Å². The van der Waals surface area contributed by atoms with Crippen molar-refractivity contribution in [3.05, 3.63) is 29.6 Å². The standard InChI is InChI=1S/C16H18N4O4/c1-4-22-16-17-9(2)14(10(3)18-16)20-15(21)19-11-5-6-12-13(7-11)24-8-23-12/h5-7H,4,8H2,1-3H3,(H2,19,20,21). The van der Waals surface area contributed by atoms with Crippen LogP contribution in [-0.2, 0) is 0 Å². The molecule has 1 aliphatic rings. The molecule has 24 heavy (non-hydrogen) atoms. The van der Waals surface area contributed by atoms with Crippen LogP contribution in [0.25, 0.3) is 0 Å². The number of rotatable bonds is 4. The average Bonchev–Trinajstić information content (AvgIpc) is 2.99. The summed E-state index contributed by atoms with van der Waals surface area (Å²) in [5, 5.41) is 5.50. The molecule has 1 aromatic carbocycles. The summed E-state index contributed by atoms with van der Waals surface area (Å²) in [5.41, 5.74) is 2.41. The Hall–Kier alpha value is -3.03. The highest BCUT2D eigenvalue weighted by molar-refractivity contribution is 6.00. The van der Waals surface area contributed by atoms with Crippen LogP contribution in [0.15, 0.2) is 18.2 Å². The predicted octanol–water partition coefficient (Wildman–Crippen LogP) is 2.86. The molecule has 2 N–H and O–H groups in total. The van der Waals surface area contributed by atoms with Crippen molar-refractivity contribution in [3.8, 4) is 17.5 Å². The maximum absolute atomic E-state index is 12.2. The Kier molecular flexibility index (Phi) is 4.37. The van der Waals surface area contributed by atoms with E-state index >= 15 is 0 Å². The number of hydrogen-bond acceptors (Lipinski definition) is 6. The van der Waals surface area contributed by atoms with E-state index in [-0.39, 0.29) is 6.79 Å². The zero-order chi connectivity index (χ0) is 17.1. The first-order valence-corrected chi connectivity index (χ1v) is 7.52. The van der Waals surface area contributed by atoms with Gasteiger partial charge in [0.1, 0.15) is 0 Å². The number of nitrogens with zero attached hydrogens (tertiary/aromatic N) is 2. The minimum atomic E-state index is -0.396. The Labute approximate surface area is 139 Å². The largest absolute Gasteiger partial charge is 0.464 e. The first kappa shape index (κ1) is 15.9. The van der Waals surface area contributed by atoms with E-state index in [2.05, 4.69) is 20.6 Å². The van der Waals surface area contributed by atoms with E-state index in [0.29, 0.717) is 46.9 Å². The third kappa shape index (κ3) is 3.32. The zero-order valence-corrected chi connectivity index (χ0v) is 13.7. The van der Waals surface area contributed by atoms with Gasteiger partial charge in [0.25, 0.3) is 0 Å². The Bertz CT molecular complexity index is 756. The third-order valence-electron chi connectivity index (χ3n) is 3.39. The van der Waals surface area contributed by atoms with Gasteiger partial charge in [-0.15, -0.1) is 0 Å². The highest BCUT2D eigenvalue weighted by atomic mass is 16.7. The molecule has 2 amide bonds. The lowest BCUT2D eigenvalue weighted by Gasteiger charge is -2.13. The second-order valence-electron chi connectivity index (χ2n) is 5.13. The van der Waals surface area contributed by atoms with Crippen molar-refractivity contribution in [2.75, 3.05) is 24.0 Å². The smallest absolute Gasteiger partial charge is 0.323 e. The molecule has 0 saturated carbocycles. The average molecular weight is 330 g/mol. The fourth-order valence-corrected chi connectivity index (χ4v) is 2.31. The Balaban J connectivity index is 1.71. The first-order chi connectivity index (χ1) is 11.6. The van der Waals surface area contributed by atoms with Crippen molar-refractivity contribution < 1.29 is 19.0 Å². The van der Waals surface area contributed by atoms with Gasteiger partial charge in [-0.25, -0.2) is 4.79 Å². The zero-order valence-electron chi connectivity index (χ0n) is 13.7. The molecule has 0 atom stereocenters. The van der Waals surface area contributed by atoms with Gasteiger partial charge in [0.05, 0.1) is 23.7 Å². The Morgan fingerprint density at radius 2 is 1.88 bits per heavy atom. The molecular weight excluding hydrogens is 312 g/mol. The summed E-state index contributed by atoms with van der Waals surface area (Å²) in [6, 6.07) is 5.09. The summed E-state index contributed by atoms with van der Waals surface area (Å²) in [6.45, 7) is 6.10. The van der Waals surface area contributed by atoms with Gasteiger partial charge in [0, 0.05) is 11.8 Å². The van der Waals surface area contributed by atoms with Crippen molar-refractivity contribution >= 4 is 17.4 Å². The molecule has 8 heteroatoms. The summed E-state index contributed by atoms with van der Waals surface area (Å²) in [4.78, 5) is 20.7. The molecular formula is C16H18N4O4. The summed E-state index contributed by atoms with van der Waals surface area (Å²) in [6.07, 6.45) is 0. The third-order valence-corrected chi connectivity index (χ3v) is 3.39. The lowest BCUT2D eigenvalue weighted by Crippen LogP contribution is -2.21. The number of benzene rings is 1. The molecule has 0 spiro atoms. The van der Waals surface area contributed by atoms with Crippen molar-refractivity contribution in [1.29, 1.82) is 0 Å². The van der Waals surface area contributed by atoms with Gasteiger partial charge >= 0.3 is 12.0 Å². The van der Waals surface area contributed by atoms with E-state index < -0.39 is 6.03 Å². The van der Waals surface area contributed by atoms with Crippen molar-refractivity contribution in [3.63, 3.8) is 0 Å². The number of carbonyl (C=O) groups is 1. The van der Waals surface area contributed by atoms with E-state index in [1.807, 2.05) is 6.92 Å². The van der Waals surface area contributed by atoms with Gasteiger partial charge in [-0.2, -0.15) is 9.97 Å². The molecule has 3 rings (SSSR count). The molecule has 8 nitrogen and oxygen atoms in total. The number of carbonyl (C=O) groups excluding carboxylic acids is 1. The second kappa shape index (κ2) is 6.61. The molecule has 0 fully saturated rings.